The number of para-hydroxylation sites is 1. The lowest BCUT2D eigenvalue weighted by atomic mass is 10.2. The molecule has 1 aliphatic carbocycles. The second-order valence-electron chi connectivity index (χ2n) is 8.57. The van der Waals surface area contributed by atoms with Crippen molar-refractivity contribution in [1.29, 1.82) is 0 Å². The Bertz CT molecular complexity index is 1500. The van der Waals surface area contributed by atoms with Gasteiger partial charge in [-0.25, -0.2) is 32.9 Å². The number of halogens is 1. The number of rotatable bonds is 10. The number of nitrogens with zero attached hydrogens (tertiary/aromatic N) is 6. The highest BCUT2D eigenvalue weighted by atomic mass is 32.2. The average Bonchev–Trinajstić information content (AvgIpc) is 3.47. The molecule has 0 saturated heterocycles. The number of hydrogen-bond donors (Lipinski definition) is 1. The summed E-state index contributed by atoms with van der Waals surface area (Å²) in [7, 11) is -1.04. The minimum absolute atomic E-state index is 0.130. The van der Waals surface area contributed by atoms with Gasteiger partial charge >= 0.3 is 0 Å². The molecular weight excluding hydrogens is 521 g/mol. The summed E-state index contributed by atoms with van der Waals surface area (Å²) < 4.78 is 51.4. The molecule has 1 aliphatic rings. The van der Waals surface area contributed by atoms with E-state index in [1.165, 1.54) is 25.6 Å². The van der Waals surface area contributed by atoms with E-state index in [4.69, 9.17) is 19.6 Å². The van der Waals surface area contributed by atoms with Crippen molar-refractivity contribution in [2.24, 2.45) is 5.14 Å². The fourth-order valence-corrected chi connectivity index (χ4v) is 5.62. The van der Waals surface area contributed by atoms with E-state index >= 15 is 0 Å². The van der Waals surface area contributed by atoms with Gasteiger partial charge in [-0.3, -0.25) is 4.57 Å². The molecule has 0 radical (unpaired) electrons. The Morgan fingerprint density at radius 1 is 1.14 bits per heavy atom. The lowest BCUT2D eigenvalue weighted by Crippen LogP contribution is -2.34. The molecule has 1 unspecified atom stereocenters. The van der Waals surface area contributed by atoms with Gasteiger partial charge < -0.3 is 9.47 Å². The number of primary sulfonamides is 1. The first-order valence-corrected chi connectivity index (χ1v) is 13.9. The van der Waals surface area contributed by atoms with Crippen LogP contribution in [0.25, 0.3) is 16.5 Å². The van der Waals surface area contributed by atoms with E-state index in [1.54, 1.807) is 22.8 Å². The van der Waals surface area contributed by atoms with Crippen LogP contribution < -0.4 is 14.6 Å². The topological polar surface area (TPSA) is 148 Å². The molecule has 37 heavy (non-hydrogen) atoms. The van der Waals surface area contributed by atoms with Crippen molar-refractivity contribution in [2.75, 3.05) is 14.2 Å². The van der Waals surface area contributed by atoms with Crippen LogP contribution in [0.5, 0.6) is 11.5 Å². The van der Waals surface area contributed by atoms with Crippen molar-refractivity contribution in [3.05, 3.63) is 59.1 Å². The fourth-order valence-electron chi connectivity index (χ4n) is 3.99. The van der Waals surface area contributed by atoms with Gasteiger partial charge in [0.25, 0.3) is 0 Å². The summed E-state index contributed by atoms with van der Waals surface area (Å²) in [5.74, 6) is 1.60. The van der Waals surface area contributed by atoms with Gasteiger partial charge in [-0.15, -0.1) is 21.5 Å². The molecule has 0 amide bonds. The second kappa shape index (κ2) is 10.1. The van der Waals surface area contributed by atoms with Crippen molar-refractivity contribution < 1.29 is 22.3 Å². The smallest absolute Gasteiger partial charge is 0.212 e. The zero-order valence-electron chi connectivity index (χ0n) is 20.0. The average molecular weight is 546 g/mol. The predicted octanol–water partition coefficient (Wildman–Crippen LogP) is 2.66. The summed E-state index contributed by atoms with van der Waals surface area (Å²) in [4.78, 5) is 12.6. The van der Waals surface area contributed by atoms with Crippen molar-refractivity contribution in [1.82, 2.24) is 29.7 Å². The highest BCUT2D eigenvalue weighted by Crippen LogP contribution is 2.42. The summed E-state index contributed by atoms with van der Waals surface area (Å²) in [6, 6.07) is 5.29. The number of benzene rings is 1. The molecule has 3 heterocycles. The van der Waals surface area contributed by atoms with Gasteiger partial charge in [0.05, 0.1) is 37.6 Å². The van der Waals surface area contributed by atoms with Crippen LogP contribution in [0, 0.1) is 5.82 Å². The van der Waals surface area contributed by atoms with E-state index < -0.39 is 21.1 Å². The predicted molar refractivity (Wildman–Crippen MR) is 134 cm³/mol. The Morgan fingerprint density at radius 3 is 2.41 bits per heavy atom. The molecule has 1 fully saturated rings. The van der Waals surface area contributed by atoms with Crippen molar-refractivity contribution in [3.8, 4) is 28.0 Å². The lowest BCUT2D eigenvalue weighted by molar-refractivity contribution is 0.390. The maximum atomic E-state index is 13.3. The van der Waals surface area contributed by atoms with Gasteiger partial charge in [-0.2, -0.15) is 0 Å². The lowest BCUT2D eigenvalue weighted by Gasteiger charge is -2.18. The number of thiazole rings is 1. The quantitative estimate of drug-likeness (QED) is 0.317. The van der Waals surface area contributed by atoms with Crippen LogP contribution in [0.2, 0.25) is 0 Å². The number of methoxy groups -OCH3 is 2. The molecule has 0 aliphatic heterocycles. The molecule has 1 saturated carbocycles. The Balaban J connectivity index is 1.63. The Morgan fingerprint density at radius 2 is 1.81 bits per heavy atom. The SMILES string of the molecule is COc1cccc(OC)c1-n1c(CC(Cc2ncc(F)cn2)S(N)(=O)=O)nnc1-c1nc(C2CC2)cs1. The summed E-state index contributed by atoms with van der Waals surface area (Å²) in [5, 5.41) is 15.8. The highest BCUT2D eigenvalue weighted by Gasteiger charge is 2.31. The first-order valence-electron chi connectivity index (χ1n) is 11.4. The summed E-state index contributed by atoms with van der Waals surface area (Å²) >= 11 is 1.43. The summed E-state index contributed by atoms with van der Waals surface area (Å²) in [5.41, 5.74) is 1.50. The monoisotopic (exact) mass is 545 g/mol. The highest BCUT2D eigenvalue weighted by molar-refractivity contribution is 7.89. The van der Waals surface area contributed by atoms with Crippen LogP contribution in [0.4, 0.5) is 4.39 Å². The molecule has 0 spiro atoms. The van der Waals surface area contributed by atoms with Crippen LogP contribution in [0.1, 0.15) is 36.1 Å². The van der Waals surface area contributed by atoms with Gasteiger partial charge in [-0.05, 0) is 25.0 Å². The van der Waals surface area contributed by atoms with E-state index in [0.29, 0.717) is 39.8 Å². The van der Waals surface area contributed by atoms with Crippen LogP contribution >= 0.6 is 11.3 Å². The van der Waals surface area contributed by atoms with Crippen LogP contribution in [0.3, 0.4) is 0 Å². The number of nitrogens with two attached hydrogens (primary N) is 1. The van der Waals surface area contributed by atoms with Gasteiger partial charge in [0.2, 0.25) is 10.0 Å². The summed E-state index contributed by atoms with van der Waals surface area (Å²) in [6.07, 6.45) is 3.87. The maximum Gasteiger partial charge on any atom is 0.212 e. The maximum absolute atomic E-state index is 13.3. The zero-order chi connectivity index (χ0) is 26.2. The molecule has 4 aromatic rings. The van der Waals surface area contributed by atoms with E-state index in [1.807, 2.05) is 5.38 Å². The normalized spacial score (nSPS) is 14.5. The van der Waals surface area contributed by atoms with Crippen LogP contribution in [-0.2, 0) is 22.9 Å². The van der Waals surface area contributed by atoms with E-state index in [2.05, 4.69) is 20.2 Å². The van der Waals surface area contributed by atoms with Gasteiger partial charge in [0, 0.05) is 24.1 Å². The van der Waals surface area contributed by atoms with Gasteiger partial charge in [-0.1, -0.05) is 6.07 Å². The van der Waals surface area contributed by atoms with Crippen molar-refractivity contribution in [3.63, 3.8) is 0 Å². The molecule has 194 valence electrons. The molecule has 1 aromatic carbocycles. The van der Waals surface area contributed by atoms with E-state index in [9.17, 15) is 12.8 Å². The minimum Gasteiger partial charge on any atom is -0.494 e. The molecule has 14 heteroatoms. The van der Waals surface area contributed by atoms with Crippen molar-refractivity contribution in [2.45, 2.75) is 36.9 Å². The Kier molecular flexibility index (Phi) is 6.88. The third-order valence-electron chi connectivity index (χ3n) is 6.02. The fraction of sp³-hybridized carbons (Fsp3) is 0.348. The largest absolute Gasteiger partial charge is 0.494 e. The number of sulfonamides is 1. The third-order valence-corrected chi connectivity index (χ3v) is 8.14. The Labute approximate surface area is 216 Å². The van der Waals surface area contributed by atoms with Gasteiger partial charge in [0.15, 0.2) is 16.6 Å². The summed E-state index contributed by atoms with van der Waals surface area (Å²) in [6.45, 7) is 0. The molecule has 3 aromatic heterocycles. The van der Waals surface area contributed by atoms with E-state index in [0.717, 1.165) is 30.9 Å². The molecule has 1 atom stereocenters. The molecule has 5 rings (SSSR count). The first-order chi connectivity index (χ1) is 17.8. The van der Waals surface area contributed by atoms with Gasteiger partial charge in [0.1, 0.15) is 28.8 Å². The molecule has 2 N–H and O–H groups in total. The van der Waals surface area contributed by atoms with E-state index in [-0.39, 0.29) is 18.7 Å². The molecular formula is C23H24FN7O4S2. The molecule has 0 bridgehead atoms. The minimum atomic E-state index is -4.09. The first kappa shape index (κ1) is 25.2. The standard InChI is InChI=1S/C23H24FN7O4S2/c1-34-17-4-3-5-18(35-2)21(17)31-20(29-30-22(31)23-28-16(12-36-23)13-6-7-13)9-15(37(25,32)33)8-19-26-10-14(24)11-27-19/h3-5,10-13,15H,6-9H2,1-2H3,(H2,25,32,33). The Hall–Kier alpha value is -3.49. The van der Waals surface area contributed by atoms with Crippen LogP contribution in [0.15, 0.2) is 36.0 Å². The second-order valence-corrected chi connectivity index (χ2v) is 11.3. The zero-order valence-corrected chi connectivity index (χ0v) is 21.7. The molecule has 11 nitrogen and oxygen atoms in total. The van der Waals surface area contributed by atoms with Crippen molar-refractivity contribution >= 4 is 21.4 Å². The number of ether oxygens (including phenoxy) is 2. The number of hydrogen-bond acceptors (Lipinski definition) is 10. The third kappa shape index (κ3) is 5.31. The van der Waals surface area contributed by atoms with Crippen LogP contribution in [-0.4, -0.2) is 57.6 Å². The number of aromatic nitrogens is 6.